The predicted molar refractivity (Wildman–Crippen MR) is 107 cm³/mol. The maximum absolute atomic E-state index is 12.7. The molecule has 0 aliphatic carbocycles. The molecule has 3 nitrogen and oxygen atoms in total. The van der Waals surface area contributed by atoms with Crippen molar-refractivity contribution in [3.05, 3.63) is 45.0 Å². The molecule has 2 rings (SSSR count). The van der Waals surface area contributed by atoms with Gasteiger partial charge in [0.15, 0.2) is 0 Å². The van der Waals surface area contributed by atoms with Crippen molar-refractivity contribution in [3.8, 4) is 5.75 Å². The fourth-order valence-electron chi connectivity index (χ4n) is 2.28. The molecule has 6 heteroatoms. The average molecular weight is 445 g/mol. The second-order valence-corrected chi connectivity index (χ2v) is 13.5. The molecule has 1 aliphatic rings. The number of ether oxygens (including phenoxy) is 1. The van der Waals surface area contributed by atoms with Crippen molar-refractivity contribution < 1.29 is 9.53 Å². The van der Waals surface area contributed by atoms with E-state index >= 15 is 0 Å². The van der Waals surface area contributed by atoms with Crippen LogP contribution in [0.4, 0.5) is 10.5 Å². The van der Waals surface area contributed by atoms with Crippen LogP contribution in [0.1, 0.15) is 0 Å². The highest BCUT2D eigenvalue weighted by Crippen LogP contribution is 2.43. The Bertz CT molecular complexity index is 622. The van der Waals surface area contributed by atoms with E-state index in [4.69, 9.17) is 4.74 Å². The summed E-state index contributed by atoms with van der Waals surface area (Å²) in [7, 11) is 0.0895. The molecule has 0 spiro atoms. The van der Waals surface area contributed by atoms with Crippen molar-refractivity contribution in [1.82, 2.24) is 0 Å². The molecule has 1 heterocycles. The van der Waals surface area contributed by atoms with Crippen molar-refractivity contribution in [1.29, 1.82) is 0 Å². The zero-order valence-electron chi connectivity index (χ0n) is 13.2. The number of carbonyl (C=O) groups is 1. The lowest BCUT2D eigenvalue weighted by molar-refractivity contribution is 0.264. The van der Waals surface area contributed by atoms with Crippen molar-refractivity contribution >= 4 is 53.4 Å². The molecule has 0 saturated heterocycles. The first-order valence-electron chi connectivity index (χ1n) is 6.97. The van der Waals surface area contributed by atoms with E-state index in [1.807, 2.05) is 35.2 Å². The third-order valence-corrected chi connectivity index (χ3v) is 10.0. The number of rotatable bonds is 4. The summed E-state index contributed by atoms with van der Waals surface area (Å²) in [5.41, 5.74) is 0.868. The number of nitrogens with zero attached hydrogens (tertiary/aromatic N) is 1. The molecular formula is C16H20INO2SSi. The van der Waals surface area contributed by atoms with Gasteiger partial charge in [0.25, 0.3) is 5.24 Å². The number of halogens is 1. The second kappa shape index (κ2) is 6.80. The first kappa shape index (κ1) is 17.6. The zero-order chi connectivity index (χ0) is 16.5. The smallest absolute Gasteiger partial charge is 0.291 e. The summed E-state index contributed by atoms with van der Waals surface area (Å²) in [6, 6.07) is 7.48. The highest BCUT2D eigenvalue weighted by molar-refractivity contribution is 14.1. The van der Waals surface area contributed by atoms with Gasteiger partial charge in [-0.2, -0.15) is 0 Å². The predicted octanol–water partition coefficient (Wildman–Crippen LogP) is 5.45. The molecular weight excluding hydrogens is 425 g/mol. The minimum atomic E-state index is -1.54. The fraction of sp³-hybridized carbons (Fsp3) is 0.312. The van der Waals surface area contributed by atoms with E-state index < -0.39 is 8.07 Å². The summed E-state index contributed by atoms with van der Waals surface area (Å²) in [5, 5.41) is 0.0629. The van der Waals surface area contributed by atoms with Crippen LogP contribution in [0.2, 0.25) is 19.6 Å². The maximum atomic E-state index is 12.7. The molecule has 0 aromatic heterocycles. The number of carbonyl (C=O) groups excluding carboxylic acids is 1. The van der Waals surface area contributed by atoms with Gasteiger partial charge in [-0.3, -0.25) is 9.69 Å². The molecule has 1 unspecified atom stereocenters. The Hall–Kier alpha value is -0.733. The number of thioether (sulfide) groups is 1. The molecule has 0 fully saturated rings. The van der Waals surface area contributed by atoms with Crippen molar-refractivity contribution in [2.45, 2.75) is 25.7 Å². The van der Waals surface area contributed by atoms with Crippen LogP contribution in [0.25, 0.3) is 0 Å². The van der Waals surface area contributed by atoms with Gasteiger partial charge in [0.1, 0.15) is 5.75 Å². The van der Waals surface area contributed by atoms with E-state index in [2.05, 4.69) is 48.8 Å². The molecule has 118 valence electrons. The van der Waals surface area contributed by atoms with E-state index in [0.29, 0.717) is 0 Å². The largest absolute Gasteiger partial charge is 0.497 e. The van der Waals surface area contributed by atoms with Crippen molar-refractivity contribution in [2.75, 3.05) is 12.0 Å². The Kier molecular flexibility index (Phi) is 5.44. The van der Waals surface area contributed by atoms with Crippen LogP contribution in [-0.4, -0.2) is 26.5 Å². The first-order valence-corrected chi connectivity index (χ1v) is 12.4. The van der Waals surface area contributed by atoms with Gasteiger partial charge in [0.2, 0.25) is 0 Å². The minimum Gasteiger partial charge on any atom is -0.497 e. The standard InChI is InChI=1S/C16H20INO2SSi/c1-6-13-14(17)15(22(3,4)5)21-16(19)18(13)11-7-9-12(20-2)10-8-11/h6-10,13H,1H2,2-5H3. The van der Waals surface area contributed by atoms with Gasteiger partial charge < -0.3 is 4.74 Å². The van der Waals surface area contributed by atoms with Gasteiger partial charge in [0, 0.05) is 9.27 Å². The fourth-order valence-corrected chi connectivity index (χ4v) is 8.63. The summed E-state index contributed by atoms with van der Waals surface area (Å²) >= 11 is 3.75. The summed E-state index contributed by atoms with van der Waals surface area (Å²) in [4.78, 5) is 14.5. The SMILES string of the molecule is C=CC1C(I)=C([Si](C)(C)C)SC(=O)N1c1ccc(OC)cc1. The van der Waals surface area contributed by atoms with Gasteiger partial charge in [-0.05, 0) is 63.1 Å². The molecule has 1 aromatic rings. The number of benzene rings is 1. The summed E-state index contributed by atoms with van der Waals surface area (Å²) in [5.74, 6) is 0.782. The lowest BCUT2D eigenvalue weighted by Gasteiger charge is -2.37. The Morgan fingerprint density at radius 2 is 1.91 bits per heavy atom. The van der Waals surface area contributed by atoms with Crippen LogP contribution >= 0.6 is 34.4 Å². The molecule has 0 N–H and O–H groups in total. The molecule has 0 saturated carbocycles. The molecule has 1 amide bonds. The van der Waals surface area contributed by atoms with Crippen LogP contribution in [0.5, 0.6) is 5.75 Å². The van der Waals surface area contributed by atoms with Gasteiger partial charge >= 0.3 is 0 Å². The average Bonchev–Trinajstić information content (AvgIpc) is 2.47. The Labute approximate surface area is 150 Å². The lowest BCUT2D eigenvalue weighted by atomic mass is 10.2. The highest BCUT2D eigenvalue weighted by Gasteiger charge is 2.38. The van der Waals surface area contributed by atoms with E-state index in [1.165, 1.54) is 19.9 Å². The minimum absolute atomic E-state index is 0.0629. The van der Waals surface area contributed by atoms with Gasteiger partial charge in [-0.1, -0.05) is 25.7 Å². The van der Waals surface area contributed by atoms with E-state index in [-0.39, 0.29) is 11.3 Å². The summed E-state index contributed by atoms with van der Waals surface area (Å²) in [6.07, 6.45) is 1.85. The molecule has 1 aliphatic heterocycles. The molecule has 0 radical (unpaired) electrons. The molecule has 1 aromatic carbocycles. The second-order valence-electron chi connectivity index (χ2n) is 6.04. The normalized spacial score (nSPS) is 19.4. The van der Waals surface area contributed by atoms with E-state index in [1.54, 1.807) is 7.11 Å². The maximum Gasteiger partial charge on any atom is 0.291 e. The summed E-state index contributed by atoms with van der Waals surface area (Å²) in [6.45, 7) is 10.7. The summed E-state index contributed by atoms with van der Waals surface area (Å²) < 4.78 is 7.66. The van der Waals surface area contributed by atoms with Gasteiger partial charge in [-0.15, -0.1) is 6.58 Å². The molecule has 22 heavy (non-hydrogen) atoms. The highest BCUT2D eigenvalue weighted by atomic mass is 127. The van der Waals surface area contributed by atoms with Crippen LogP contribution in [0.15, 0.2) is 45.0 Å². The third kappa shape index (κ3) is 3.43. The van der Waals surface area contributed by atoms with Crippen LogP contribution in [0, 0.1) is 0 Å². The number of amides is 1. The molecule has 0 bridgehead atoms. The van der Waals surface area contributed by atoms with Crippen LogP contribution in [0.3, 0.4) is 0 Å². The number of methoxy groups -OCH3 is 1. The first-order chi connectivity index (χ1) is 10.3. The lowest BCUT2D eigenvalue weighted by Crippen LogP contribution is -2.43. The van der Waals surface area contributed by atoms with Gasteiger partial charge in [0.05, 0.1) is 21.2 Å². The number of hydrogen-bond donors (Lipinski definition) is 0. The monoisotopic (exact) mass is 445 g/mol. The Morgan fingerprint density at radius 3 is 2.36 bits per heavy atom. The Balaban J connectivity index is 2.46. The van der Waals surface area contributed by atoms with E-state index in [9.17, 15) is 4.79 Å². The van der Waals surface area contributed by atoms with Crippen LogP contribution < -0.4 is 9.64 Å². The number of anilines is 1. The quantitative estimate of drug-likeness (QED) is 0.351. The number of hydrogen-bond acceptors (Lipinski definition) is 3. The third-order valence-electron chi connectivity index (χ3n) is 3.40. The topological polar surface area (TPSA) is 29.5 Å². The van der Waals surface area contributed by atoms with E-state index in [0.717, 1.165) is 11.4 Å². The van der Waals surface area contributed by atoms with Gasteiger partial charge in [-0.25, -0.2) is 0 Å². The van der Waals surface area contributed by atoms with Crippen LogP contribution in [-0.2, 0) is 0 Å². The van der Waals surface area contributed by atoms with Crippen molar-refractivity contribution in [2.24, 2.45) is 0 Å². The Morgan fingerprint density at radius 1 is 1.32 bits per heavy atom. The molecule has 1 atom stereocenters. The zero-order valence-corrected chi connectivity index (χ0v) is 17.2. The van der Waals surface area contributed by atoms with Crippen molar-refractivity contribution in [3.63, 3.8) is 0 Å².